The van der Waals surface area contributed by atoms with Crippen molar-refractivity contribution < 1.29 is 0 Å². The zero-order chi connectivity index (χ0) is 5.70. The highest BCUT2D eigenvalue weighted by molar-refractivity contribution is 5.53. The number of rotatable bonds is 3. The summed E-state index contributed by atoms with van der Waals surface area (Å²) in [6.45, 7) is 5.62. The second-order valence-corrected chi connectivity index (χ2v) is 1.65. The number of hydrogen-bond acceptors (Lipinski definition) is 1. The topological polar surface area (TPSA) is 23.9 Å². The molecule has 0 heterocycles. The van der Waals surface area contributed by atoms with Crippen molar-refractivity contribution in [3.63, 3.8) is 0 Å². The van der Waals surface area contributed by atoms with Crippen molar-refractivity contribution in [2.24, 2.45) is 5.92 Å². The van der Waals surface area contributed by atoms with Crippen LogP contribution in [0.4, 0.5) is 0 Å². The molecule has 1 N–H and O–H groups in total. The number of nitrogens with one attached hydrogen (secondary N) is 1. The van der Waals surface area contributed by atoms with Gasteiger partial charge in [0.25, 0.3) is 0 Å². The summed E-state index contributed by atoms with van der Waals surface area (Å²) in [6, 6.07) is 0. The van der Waals surface area contributed by atoms with Gasteiger partial charge in [0.1, 0.15) is 0 Å². The molecule has 0 aliphatic rings. The van der Waals surface area contributed by atoms with Crippen LogP contribution in [0.3, 0.4) is 0 Å². The highest BCUT2D eigenvalue weighted by atomic mass is 14.3. The normalized spacial score (nSPS) is 12.7. The van der Waals surface area contributed by atoms with Gasteiger partial charge >= 0.3 is 0 Å². The summed E-state index contributed by atoms with van der Waals surface area (Å²) >= 11 is 0. The summed E-state index contributed by atoms with van der Waals surface area (Å²) in [6.07, 6.45) is 4.08. The molecule has 7 heavy (non-hydrogen) atoms. The van der Waals surface area contributed by atoms with Crippen LogP contribution in [0.5, 0.6) is 0 Å². The van der Waals surface area contributed by atoms with Gasteiger partial charge in [-0.3, -0.25) is 0 Å². The first-order valence-electron chi connectivity index (χ1n) is 2.42. The summed E-state index contributed by atoms with van der Waals surface area (Å²) in [5.41, 5.74) is 0. The molecule has 40 valence electrons. The van der Waals surface area contributed by atoms with E-state index in [-0.39, 0.29) is 0 Å². The van der Waals surface area contributed by atoms with Crippen LogP contribution < -0.4 is 0 Å². The van der Waals surface area contributed by atoms with Crippen LogP contribution >= 0.6 is 0 Å². The van der Waals surface area contributed by atoms with Gasteiger partial charge in [-0.05, 0) is 18.6 Å². The molecule has 1 nitrogen and oxygen atoms in total. The van der Waals surface area contributed by atoms with Crippen molar-refractivity contribution in [2.75, 3.05) is 0 Å². The molecule has 1 heteroatoms. The van der Waals surface area contributed by atoms with Crippen LogP contribution in [0.2, 0.25) is 0 Å². The van der Waals surface area contributed by atoms with E-state index in [0.29, 0.717) is 5.92 Å². The van der Waals surface area contributed by atoms with Crippen LogP contribution in [0.15, 0.2) is 12.7 Å². The molecule has 0 aromatic heterocycles. The van der Waals surface area contributed by atoms with Gasteiger partial charge in [0.2, 0.25) is 0 Å². The molecule has 0 bridgehead atoms. The van der Waals surface area contributed by atoms with E-state index in [1.165, 1.54) is 6.21 Å². The fourth-order valence-electron chi connectivity index (χ4n) is 0.282. The predicted octanol–water partition coefficient (Wildman–Crippen LogP) is 1.85. The standard InChI is InChI=1S/C6H11N/c1-3-6(2)4-5-7/h3,5-7H,1,4H2,2H3/t6-/m0/s1. The summed E-state index contributed by atoms with van der Waals surface area (Å²) < 4.78 is 0. The Morgan fingerprint density at radius 3 is 2.57 bits per heavy atom. The molecule has 0 unspecified atom stereocenters. The predicted molar refractivity (Wildman–Crippen MR) is 32.8 cm³/mol. The van der Waals surface area contributed by atoms with Crippen LogP contribution in [-0.2, 0) is 0 Å². The minimum absolute atomic E-state index is 0.470. The quantitative estimate of drug-likeness (QED) is 0.410. The van der Waals surface area contributed by atoms with E-state index in [1.807, 2.05) is 13.0 Å². The third kappa shape index (κ3) is 3.23. The highest BCUT2D eigenvalue weighted by Gasteiger charge is 1.87. The lowest BCUT2D eigenvalue weighted by Gasteiger charge is -1.94. The van der Waals surface area contributed by atoms with E-state index in [1.54, 1.807) is 0 Å². The molecular formula is C6H11N. The molecule has 0 radical (unpaired) electrons. The third-order valence-electron chi connectivity index (χ3n) is 0.892. The minimum atomic E-state index is 0.470. The van der Waals surface area contributed by atoms with Crippen molar-refractivity contribution in [3.05, 3.63) is 12.7 Å². The zero-order valence-corrected chi connectivity index (χ0v) is 4.65. The van der Waals surface area contributed by atoms with E-state index >= 15 is 0 Å². The monoisotopic (exact) mass is 97.1 g/mol. The van der Waals surface area contributed by atoms with Crippen molar-refractivity contribution in [1.29, 1.82) is 5.41 Å². The first-order chi connectivity index (χ1) is 3.31. The lowest BCUT2D eigenvalue weighted by Crippen LogP contribution is -1.86. The Hall–Kier alpha value is -0.590. The van der Waals surface area contributed by atoms with E-state index in [0.717, 1.165) is 6.42 Å². The van der Waals surface area contributed by atoms with E-state index in [9.17, 15) is 0 Å². The Bertz CT molecular complexity index is 66.6. The van der Waals surface area contributed by atoms with Gasteiger partial charge in [0.05, 0.1) is 0 Å². The molecule has 0 rings (SSSR count). The SMILES string of the molecule is C=C[C@H](C)CC=N. The van der Waals surface area contributed by atoms with E-state index in [2.05, 4.69) is 6.58 Å². The fourth-order valence-corrected chi connectivity index (χ4v) is 0.282. The number of allylic oxidation sites excluding steroid dienone is 1. The maximum absolute atomic E-state index is 6.66. The molecule has 0 spiro atoms. The van der Waals surface area contributed by atoms with Gasteiger partial charge in [-0.15, -0.1) is 6.58 Å². The molecule has 0 aliphatic heterocycles. The highest BCUT2D eigenvalue weighted by Crippen LogP contribution is 1.97. The number of hydrogen-bond donors (Lipinski definition) is 1. The zero-order valence-electron chi connectivity index (χ0n) is 4.65. The molecular weight excluding hydrogens is 86.1 g/mol. The lowest BCUT2D eigenvalue weighted by molar-refractivity contribution is 0.777. The average molecular weight is 97.2 g/mol. The Labute approximate surface area is 44.6 Å². The summed E-state index contributed by atoms with van der Waals surface area (Å²) in [7, 11) is 0. The Kier molecular flexibility index (Phi) is 3.29. The second-order valence-electron chi connectivity index (χ2n) is 1.65. The summed E-state index contributed by atoms with van der Waals surface area (Å²) in [4.78, 5) is 0. The van der Waals surface area contributed by atoms with Crippen molar-refractivity contribution in [2.45, 2.75) is 13.3 Å². The Morgan fingerprint density at radius 1 is 1.86 bits per heavy atom. The van der Waals surface area contributed by atoms with Gasteiger partial charge in [-0.25, -0.2) is 0 Å². The maximum atomic E-state index is 6.66. The summed E-state index contributed by atoms with van der Waals surface area (Å²) in [5, 5.41) is 6.66. The first-order valence-corrected chi connectivity index (χ1v) is 2.42. The van der Waals surface area contributed by atoms with Crippen LogP contribution in [0.1, 0.15) is 13.3 Å². The van der Waals surface area contributed by atoms with Gasteiger partial charge in [-0.1, -0.05) is 13.0 Å². The largest absolute Gasteiger partial charge is 0.313 e. The molecule has 0 aromatic rings. The molecule has 0 fully saturated rings. The smallest absolute Gasteiger partial charge is 0.00420 e. The second kappa shape index (κ2) is 3.59. The van der Waals surface area contributed by atoms with Gasteiger partial charge in [0.15, 0.2) is 0 Å². The average Bonchev–Trinajstić information content (AvgIpc) is 1.68. The molecule has 1 atom stereocenters. The lowest BCUT2D eigenvalue weighted by atomic mass is 10.1. The third-order valence-corrected chi connectivity index (χ3v) is 0.892. The van der Waals surface area contributed by atoms with E-state index in [4.69, 9.17) is 5.41 Å². The van der Waals surface area contributed by atoms with Crippen LogP contribution in [-0.4, -0.2) is 6.21 Å². The molecule has 0 amide bonds. The molecule has 0 saturated carbocycles. The van der Waals surface area contributed by atoms with Gasteiger partial charge in [0, 0.05) is 0 Å². The summed E-state index contributed by atoms with van der Waals surface area (Å²) in [5.74, 6) is 0.470. The molecule has 0 aliphatic carbocycles. The van der Waals surface area contributed by atoms with E-state index < -0.39 is 0 Å². The first kappa shape index (κ1) is 6.41. The van der Waals surface area contributed by atoms with Gasteiger partial charge < -0.3 is 5.41 Å². The minimum Gasteiger partial charge on any atom is -0.313 e. The Morgan fingerprint density at radius 2 is 2.43 bits per heavy atom. The fraction of sp³-hybridized carbons (Fsp3) is 0.500. The van der Waals surface area contributed by atoms with Crippen LogP contribution in [0, 0.1) is 11.3 Å². The molecule has 0 saturated heterocycles. The maximum Gasteiger partial charge on any atom is -0.00420 e. The van der Waals surface area contributed by atoms with Gasteiger partial charge in [-0.2, -0.15) is 0 Å². The van der Waals surface area contributed by atoms with Crippen molar-refractivity contribution in [1.82, 2.24) is 0 Å². The Balaban J connectivity index is 3.15. The van der Waals surface area contributed by atoms with Crippen molar-refractivity contribution in [3.8, 4) is 0 Å². The van der Waals surface area contributed by atoms with Crippen molar-refractivity contribution >= 4 is 6.21 Å². The molecule has 0 aromatic carbocycles. The van der Waals surface area contributed by atoms with Crippen LogP contribution in [0.25, 0.3) is 0 Å².